The number of fused-ring (bicyclic) bond motifs is 1. The highest BCUT2D eigenvalue weighted by Gasteiger charge is 2.60. The minimum absolute atomic E-state index is 0.120. The summed E-state index contributed by atoms with van der Waals surface area (Å²) in [6, 6.07) is 4.41. The number of alkyl halides is 2. The van der Waals surface area contributed by atoms with Crippen molar-refractivity contribution in [3.8, 4) is 0 Å². The first-order chi connectivity index (χ1) is 15.6. The number of H-pyrrole nitrogens is 1. The Morgan fingerprint density at radius 2 is 1.88 bits per heavy atom. The van der Waals surface area contributed by atoms with Gasteiger partial charge in [-0.15, -0.1) is 0 Å². The molecule has 1 saturated carbocycles. The summed E-state index contributed by atoms with van der Waals surface area (Å²) in [5.41, 5.74) is 0.159. The van der Waals surface area contributed by atoms with E-state index in [0.717, 1.165) is 5.69 Å². The van der Waals surface area contributed by atoms with Crippen LogP contribution in [-0.4, -0.2) is 37.8 Å². The molecule has 174 valence electrons. The van der Waals surface area contributed by atoms with Crippen LogP contribution in [0.3, 0.4) is 0 Å². The Morgan fingerprint density at radius 3 is 2.48 bits per heavy atom. The monoisotopic (exact) mass is 466 g/mol. The number of rotatable bonds is 5. The topological polar surface area (TPSA) is 87.6 Å². The van der Waals surface area contributed by atoms with E-state index in [0.29, 0.717) is 24.4 Å². The molecule has 0 spiro atoms. The zero-order chi connectivity index (χ0) is 23.5. The van der Waals surface area contributed by atoms with E-state index in [2.05, 4.69) is 26.0 Å². The quantitative estimate of drug-likeness (QED) is 0.396. The van der Waals surface area contributed by atoms with E-state index in [1.54, 1.807) is 16.7 Å². The van der Waals surface area contributed by atoms with Crippen molar-refractivity contribution in [3.63, 3.8) is 0 Å². The molecule has 7 nitrogen and oxygen atoms in total. The normalized spacial score (nSPS) is 22.6. The molecule has 2 atom stereocenters. The molecule has 0 radical (unpaired) electrons. The molecule has 5 rings (SSSR count). The van der Waals surface area contributed by atoms with Gasteiger partial charge in [0, 0.05) is 54.9 Å². The van der Waals surface area contributed by atoms with Crippen LogP contribution in [0.2, 0.25) is 0 Å². The molecular formula is C21H19F5N6O. The molecule has 0 bridgehead atoms. The number of nitrogens with zero attached hydrogens (tertiary/aromatic N) is 3. The van der Waals surface area contributed by atoms with Crippen LogP contribution in [-0.2, 0) is 12.1 Å². The number of benzene rings is 1. The molecule has 2 unspecified atom stereocenters. The van der Waals surface area contributed by atoms with Crippen LogP contribution in [0, 0.1) is 17.5 Å². The summed E-state index contributed by atoms with van der Waals surface area (Å²) in [6.45, 7) is 2.22. The third kappa shape index (κ3) is 3.58. The van der Waals surface area contributed by atoms with E-state index in [1.807, 2.05) is 6.92 Å². The van der Waals surface area contributed by atoms with Gasteiger partial charge in [-0.1, -0.05) is 6.92 Å². The second-order valence-electron chi connectivity index (χ2n) is 8.65. The third-order valence-electron chi connectivity index (χ3n) is 6.43. The smallest absolute Gasteiger partial charge is 0.272 e. The number of nitrogens with one attached hydrogen (secondary N) is 3. The van der Waals surface area contributed by atoms with Gasteiger partial charge in [0.1, 0.15) is 11.4 Å². The number of hydrogen-bond acceptors (Lipinski definition) is 4. The molecule has 3 heterocycles. The van der Waals surface area contributed by atoms with Crippen molar-refractivity contribution in [1.29, 1.82) is 0 Å². The van der Waals surface area contributed by atoms with Crippen LogP contribution >= 0.6 is 0 Å². The zero-order valence-corrected chi connectivity index (χ0v) is 17.3. The summed E-state index contributed by atoms with van der Waals surface area (Å²) in [6.07, 6.45) is 0.585. The standard InChI is InChI=1S/C21H19F5N6O/c1-10-14(29-20(8-21(25,26)9-20)17-6-27-31-30-17)7-32-15(10)2-3-16(32)19(33)28-11-4-12(22)18(24)13(23)5-11/h2-6,10,14,29H,7-9H2,1H3,(H,28,33)(H,27,30,31). The predicted molar refractivity (Wildman–Crippen MR) is 106 cm³/mol. The fourth-order valence-corrected chi connectivity index (χ4v) is 4.81. The largest absolute Gasteiger partial charge is 0.339 e. The van der Waals surface area contributed by atoms with Crippen LogP contribution < -0.4 is 10.6 Å². The minimum atomic E-state index is -2.81. The Hall–Kier alpha value is -3.28. The van der Waals surface area contributed by atoms with Gasteiger partial charge >= 0.3 is 0 Å². The number of carbonyl (C=O) groups excluding carboxylic acids is 1. The maximum absolute atomic E-state index is 13.8. The molecule has 1 aromatic carbocycles. The molecule has 2 aliphatic rings. The van der Waals surface area contributed by atoms with Gasteiger partial charge in [-0.3, -0.25) is 4.79 Å². The van der Waals surface area contributed by atoms with Gasteiger partial charge in [-0.25, -0.2) is 22.0 Å². The second-order valence-corrected chi connectivity index (χ2v) is 8.65. The number of amides is 1. The van der Waals surface area contributed by atoms with Crippen molar-refractivity contribution in [1.82, 2.24) is 25.3 Å². The Labute approximate surface area is 184 Å². The van der Waals surface area contributed by atoms with Crippen molar-refractivity contribution >= 4 is 11.6 Å². The number of hydrogen-bond donors (Lipinski definition) is 3. The van der Waals surface area contributed by atoms with Crippen LogP contribution in [0.15, 0.2) is 30.5 Å². The zero-order valence-electron chi connectivity index (χ0n) is 17.3. The molecule has 33 heavy (non-hydrogen) atoms. The molecule has 3 N–H and O–H groups in total. The van der Waals surface area contributed by atoms with Gasteiger partial charge in [0.15, 0.2) is 17.5 Å². The van der Waals surface area contributed by atoms with E-state index in [1.165, 1.54) is 6.20 Å². The average molecular weight is 466 g/mol. The molecule has 3 aromatic rings. The SMILES string of the molecule is CC1c2ccc(C(=O)Nc3cc(F)c(F)c(F)c3)n2CC1NC1(c2cn[nH]n2)CC(F)(F)C1. The summed E-state index contributed by atoms with van der Waals surface area (Å²) in [7, 11) is 0. The third-order valence-corrected chi connectivity index (χ3v) is 6.43. The number of carbonyl (C=O) groups is 1. The van der Waals surface area contributed by atoms with Crippen molar-refractivity contribution in [2.24, 2.45) is 0 Å². The Kier molecular flexibility index (Phi) is 4.82. The van der Waals surface area contributed by atoms with Crippen molar-refractivity contribution < 1.29 is 26.7 Å². The highest BCUT2D eigenvalue weighted by Crippen LogP contribution is 2.52. The van der Waals surface area contributed by atoms with Gasteiger partial charge in [0.2, 0.25) is 0 Å². The number of aromatic amines is 1. The fraction of sp³-hybridized carbons (Fsp3) is 0.381. The van der Waals surface area contributed by atoms with Gasteiger partial charge in [0.25, 0.3) is 11.8 Å². The summed E-state index contributed by atoms with van der Waals surface area (Å²) in [5, 5.41) is 15.9. The summed E-state index contributed by atoms with van der Waals surface area (Å²) < 4.78 is 69.5. The van der Waals surface area contributed by atoms with Gasteiger partial charge in [-0.2, -0.15) is 15.4 Å². The first-order valence-corrected chi connectivity index (χ1v) is 10.3. The van der Waals surface area contributed by atoms with Gasteiger partial charge in [-0.05, 0) is 12.1 Å². The molecule has 1 aliphatic carbocycles. The summed E-state index contributed by atoms with van der Waals surface area (Å²) in [4.78, 5) is 12.8. The first kappa shape index (κ1) is 21.6. The lowest BCUT2D eigenvalue weighted by molar-refractivity contribution is -0.142. The van der Waals surface area contributed by atoms with E-state index in [4.69, 9.17) is 0 Å². The Balaban J connectivity index is 1.35. The van der Waals surface area contributed by atoms with Crippen LogP contribution in [0.5, 0.6) is 0 Å². The van der Waals surface area contributed by atoms with E-state index < -0.39 is 47.7 Å². The maximum Gasteiger partial charge on any atom is 0.272 e. The fourth-order valence-electron chi connectivity index (χ4n) is 4.81. The lowest BCUT2D eigenvalue weighted by Crippen LogP contribution is -2.61. The number of anilines is 1. The number of halogens is 5. The Morgan fingerprint density at radius 1 is 1.18 bits per heavy atom. The number of aromatic nitrogens is 4. The van der Waals surface area contributed by atoms with Crippen molar-refractivity contribution in [2.45, 2.75) is 49.7 Å². The first-order valence-electron chi connectivity index (χ1n) is 10.3. The molecule has 1 aliphatic heterocycles. The van der Waals surface area contributed by atoms with E-state index in [9.17, 15) is 26.7 Å². The van der Waals surface area contributed by atoms with Gasteiger partial charge < -0.3 is 15.2 Å². The lowest BCUT2D eigenvalue weighted by Gasteiger charge is -2.48. The highest BCUT2D eigenvalue weighted by atomic mass is 19.3. The minimum Gasteiger partial charge on any atom is -0.339 e. The van der Waals surface area contributed by atoms with Crippen molar-refractivity contribution in [2.75, 3.05) is 5.32 Å². The lowest BCUT2D eigenvalue weighted by atomic mass is 9.70. The van der Waals surface area contributed by atoms with Crippen molar-refractivity contribution in [3.05, 3.63) is 65.0 Å². The van der Waals surface area contributed by atoms with E-state index >= 15 is 0 Å². The van der Waals surface area contributed by atoms with Gasteiger partial charge in [0.05, 0.1) is 11.7 Å². The van der Waals surface area contributed by atoms with E-state index in [-0.39, 0.29) is 23.3 Å². The van der Waals surface area contributed by atoms with Crippen LogP contribution in [0.4, 0.5) is 27.6 Å². The molecular weight excluding hydrogens is 447 g/mol. The molecule has 0 saturated heterocycles. The molecule has 1 fully saturated rings. The molecule has 12 heteroatoms. The average Bonchev–Trinajstić information content (AvgIpc) is 3.44. The Bertz CT molecular complexity index is 1190. The maximum atomic E-state index is 13.8. The summed E-state index contributed by atoms with van der Waals surface area (Å²) >= 11 is 0. The second kappa shape index (κ2) is 7.37. The van der Waals surface area contributed by atoms with Crippen LogP contribution in [0.25, 0.3) is 0 Å². The predicted octanol–water partition coefficient (Wildman–Crippen LogP) is 3.68. The summed E-state index contributed by atoms with van der Waals surface area (Å²) in [5.74, 6) is -8.03. The molecule has 2 aromatic heterocycles. The highest BCUT2D eigenvalue weighted by molar-refractivity contribution is 6.03. The van der Waals surface area contributed by atoms with Crippen LogP contribution in [0.1, 0.15) is 47.6 Å². The molecule has 1 amide bonds.